The van der Waals surface area contributed by atoms with Crippen LogP contribution in [0.2, 0.25) is 5.02 Å². The molecule has 2 aliphatic heterocycles. The van der Waals surface area contributed by atoms with Crippen LogP contribution in [0.4, 0.5) is 5.69 Å². The Morgan fingerprint density at radius 3 is 2.52 bits per heavy atom. The number of halogens is 1. The molecule has 208 valence electrons. The lowest BCUT2D eigenvalue weighted by molar-refractivity contribution is -0.134. The van der Waals surface area contributed by atoms with Gasteiger partial charge in [-0.05, 0) is 54.3 Å². The summed E-state index contributed by atoms with van der Waals surface area (Å²) >= 11 is 5.92. The molecule has 2 N–H and O–H groups in total. The van der Waals surface area contributed by atoms with Crippen molar-refractivity contribution in [2.45, 2.75) is 50.5 Å². The average molecular weight is 562 g/mol. The second-order valence-corrected chi connectivity index (χ2v) is 10.6. The molecule has 0 aliphatic carbocycles. The van der Waals surface area contributed by atoms with Gasteiger partial charge in [-0.15, -0.1) is 0 Å². The van der Waals surface area contributed by atoms with Gasteiger partial charge in [-0.25, -0.2) is 0 Å². The number of ether oxygens (including phenoxy) is 2. The molecule has 0 unspecified atom stereocenters. The van der Waals surface area contributed by atoms with Crippen molar-refractivity contribution in [2.75, 3.05) is 19.0 Å². The summed E-state index contributed by atoms with van der Waals surface area (Å²) < 4.78 is 12.3. The topological polar surface area (TPSA) is 97.0 Å². The molecule has 2 aliphatic rings. The second-order valence-electron chi connectivity index (χ2n) is 10.2. The summed E-state index contributed by atoms with van der Waals surface area (Å²) in [5.41, 5.74) is 2.80. The first-order chi connectivity index (χ1) is 19.4. The summed E-state index contributed by atoms with van der Waals surface area (Å²) in [6.45, 7) is 0.665. The van der Waals surface area contributed by atoms with Crippen molar-refractivity contribution in [2.24, 2.45) is 0 Å². The number of hydrogen-bond acceptors (Lipinski definition) is 5. The largest absolute Gasteiger partial charge is 0.490 e. The molecule has 40 heavy (non-hydrogen) atoms. The highest BCUT2D eigenvalue weighted by atomic mass is 35.5. The standard InChI is InChI=1S/C31H32ClN3O5/c1-35-26-13-12-24(17-29(36)33-18-21-7-9-22(32)10-8-21)40-28(26)19-39-27-14-11-23(16-25(27)31(35)38)34-30(37)15-20-5-3-2-4-6-20/h2-11,14,16,24,26,28H,12-13,15,17-19H2,1H3,(H,33,36)(H,34,37)/t24-,26-,28-/m1/s1. The molecule has 5 rings (SSSR count). The Hall–Kier alpha value is -3.88. The van der Waals surface area contributed by atoms with E-state index in [1.165, 1.54) is 0 Å². The van der Waals surface area contributed by atoms with E-state index in [0.29, 0.717) is 41.4 Å². The van der Waals surface area contributed by atoms with Crippen molar-refractivity contribution in [1.82, 2.24) is 10.2 Å². The van der Waals surface area contributed by atoms with E-state index in [1.807, 2.05) is 42.5 Å². The van der Waals surface area contributed by atoms with Crippen molar-refractivity contribution in [3.63, 3.8) is 0 Å². The van der Waals surface area contributed by atoms with Crippen molar-refractivity contribution in [1.29, 1.82) is 0 Å². The summed E-state index contributed by atoms with van der Waals surface area (Å²) in [5, 5.41) is 6.47. The Labute approximate surface area is 238 Å². The third kappa shape index (κ3) is 6.81. The number of hydrogen-bond donors (Lipinski definition) is 2. The Morgan fingerprint density at radius 1 is 0.975 bits per heavy atom. The third-order valence-electron chi connectivity index (χ3n) is 7.32. The number of carbonyl (C=O) groups is 3. The number of fused-ring (bicyclic) bond motifs is 2. The molecule has 3 aromatic carbocycles. The van der Waals surface area contributed by atoms with E-state index < -0.39 is 0 Å². The van der Waals surface area contributed by atoms with Crippen molar-refractivity contribution >= 4 is 35.0 Å². The van der Waals surface area contributed by atoms with E-state index in [9.17, 15) is 14.4 Å². The fourth-order valence-electron chi connectivity index (χ4n) is 5.17. The lowest BCUT2D eigenvalue weighted by Crippen LogP contribution is -2.53. The molecular weight excluding hydrogens is 530 g/mol. The number of rotatable bonds is 7. The van der Waals surface area contributed by atoms with Crippen LogP contribution < -0.4 is 15.4 Å². The molecule has 0 aromatic heterocycles. The first-order valence-electron chi connectivity index (χ1n) is 13.4. The fourth-order valence-corrected chi connectivity index (χ4v) is 5.30. The first kappa shape index (κ1) is 27.7. The quantitative estimate of drug-likeness (QED) is 0.439. The number of amides is 3. The van der Waals surface area contributed by atoms with E-state index in [-0.39, 0.29) is 55.4 Å². The maximum absolute atomic E-state index is 13.5. The van der Waals surface area contributed by atoms with Gasteiger partial charge in [0.15, 0.2) is 0 Å². The normalized spacial score (nSPS) is 20.3. The van der Waals surface area contributed by atoms with Gasteiger partial charge in [-0.2, -0.15) is 0 Å². The lowest BCUT2D eigenvalue weighted by atomic mass is 9.94. The molecule has 0 radical (unpaired) electrons. The number of carbonyl (C=O) groups excluding carboxylic acids is 3. The molecule has 9 heteroatoms. The van der Waals surface area contributed by atoms with Crippen molar-refractivity contribution in [3.8, 4) is 5.75 Å². The Morgan fingerprint density at radius 2 is 1.75 bits per heavy atom. The van der Waals surface area contributed by atoms with Gasteiger partial charge < -0.3 is 25.0 Å². The molecule has 3 aromatic rings. The van der Waals surface area contributed by atoms with Gasteiger partial charge in [0.2, 0.25) is 11.8 Å². The Balaban J connectivity index is 1.19. The zero-order valence-electron chi connectivity index (χ0n) is 22.3. The maximum Gasteiger partial charge on any atom is 0.257 e. The minimum absolute atomic E-state index is 0.0956. The lowest BCUT2D eigenvalue weighted by Gasteiger charge is -2.42. The van der Waals surface area contributed by atoms with Gasteiger partial charge in [-0.1, -0.05) is 54.1 Å². The van der Waals surface area contributed by atoms with Gasteiger partial charge in [-0.3, -0.25) is 14.4 Å². The predicted octanol–water partition coefficient (Wildman–Crippen LogP) is 4.61. The monoisotopic (exact) mass is 561 g/mol. The van der Waals surface area contributed by atoms with Crippen LogP contribution in [-0.4, -0.2) is 54.5 Å². The molecule has 0 spiro atoms. The first-order valence-corrected chi connectivity index (χ1v) is 13.8. The predicted molar refractivity (Wildman–Crippen MR) is 152 cm³/mol. The third-order valence-corrected chi connectivity index (χ3v) is 7.57. The maximum atomic E-state index is 13.5. The number of nitrogens with one attached hydrogen (secondary N) is 2. The molecule has 2 heterocycles. The molecule has 3 amide bonds. The van der Waals surface area contributed by atoms with Gasteiger partial charge in [0, 0.05) is 24.3 Å². The molecule has 1 saturated heterocycles. The minimum atomic E-state index is -0.366. The fraction of sp³-hybridized carbons (Fsp3) is 0.323. The molecule has 1 fully saturated rings. The second kappa shape index (κ2) is 12.5. The van der Waals surface area contributed by atoms with E-state index >= 15 is 0 Å². The highest BCUT2D eigenvalue weighted by molar-refractivity contribution is 6.30. The molecule has 8 nitrogen and oxygen atoms in total. The summed E-state index contributed by atoms with van der Waals surface area (Å²) in [6, 6.07) is 21.7. The van der Waals surface area contributed by atoms with Crippen LogP contribution in [-0.2, 0) is 27.3 Å². The number of likely N-dealkylation sites (N-methyl/N-ethyl adjacent to an activating group) is 1. The van der Waals surface area contributed by atoms with Gasteiger partial charge in [0.05, 0.1) is 30.6 Å². The molecule has 0 bridgehead atoms. The minimum Gasteiger partial charge on any atom is -0.490 e. The van der Waals surface area contributed by atoms with E-state index in [4.69, 9.17) is 21.1 Å². The van der Waals surface area contributed by atoms with Crippen LogP contribution in [0, 0.1) is 0 Å². The van der Waals surface area contributed by atoms with Crippen LogP contribution in [0.1, 0.15) is 40.7 Å². The number of benzene rings is 3. The van der Waals surface area contributed by atoms with Gasteiger partial charge in [0.25, 0.3) is 5.91 Å². The summed E-state index contributed by atoms with van der Waals surface area (Å²) in [5.74, 6) is -0.0288. The van der Waals surface area contributed by atoms with Crippen molar-refractivity contribution < 1.29 is 23.9 Å². The van der Waals surface area contributed by atoms with Gasteiger partial charge in [0.1, 0.15) is 18.5 Å². The smallest absolute Gasteiger partial charge is 0.257 e. The van der Waals surface area contributed by atoms with Gasteiger partial charge >= 0.3 is 0 Å². The van der Waals surface area contributed by atoms with Crippen molar-refractivity contribution in [3.05, 3.63) is 94.5 Å². The average Bonchev–Trinajstić information content (AvgIpc) is 2.95. The highest BCUT2D eigenvalue weighted by Gasteiger charge is 2.39. The molecule has 3 atom stereocenters. The highest BCUT2D eigenvalue weighted by Crippen LogP contribution is 2.32. The van der Waals surface area contributed by atoms with E-state index in [0.717, 1.165) is 11.1 Å². The van der Waals surface area contributed by atoms with Crippen LogP contribution in [0.3, 0.4) is 0 Å². The summed E-state index contributed by atoms with van der Waals surface area (Å²) in [7, 11) is 1.76. The number of anilines is 1. The van der Waals surface area contributed by atoms with Crippen LogP contribution in [0.5, 0.6) is 5.75 Å². The Bertz CT molecular complexity index is 1370. The van der Waals surface area contributed by atoms with E-state index in [1.54, 1.807) is 42.3 Å². The zero-order valence-corrected chi connectivity index (χ0v) is 23.0. The Kier molecular flexibility index (Phi) is 8.67. The molecular formula is C31H32ClN3O5. The van der Waals surface area contributed by atoms with Crippen LogP contribution in [0.15, 0.2) is 72.8 Å². The molecule has 0 saturated carbocycles. The summed E-state index contributed by atoms with van der Waals surface area (Å²) in [6.07, 6.45) is 1.18. The SMILES string of the molecule is CN1C(=O)c2cc(NC(=O)Cc3ccccc3)ccc2OC[C@H]2O[C@@H](CC(=O)NCc3ccc(Cl)cc3)CC[C@H]21. The zero-order chi connectivity index (χ0) is 28.1. The summed E-state index contributed by atoms with van der Waals surface area (Å²) in [4.78, 5) is 40.3. The van der Waals surface area contributed by atoms with Crippen LogP contribution in [0.25, 0.3) is 0 Å². The van der Waals surface area contributed by atoms with E-state index in [2.05, 4.69) is 10.6 Å². The van der Waals surface area contributed by atoms with Crippen LogP contribution >= 0.6 is 11.6 Å². The number of nitrogens with zero attached hydrogens (tertiary/aromatic N) is 1.